The quantitative estimate of drug-likeness (QED) is 0.389. The van der Waals surface area contributed by atoms with Gasteiger partial charge in [-0.25, -0.2) is 4.99 Å². The number of likely N-dealkylation sites (N-methyl/N-ethyl adjacent to an activating group) is 1. The molecule has 0 spiro atoms. The van der Waals surface area contributed by atoms with Crippen molar-refractivity contribution in [2.75, 3.05) is 73.2 Å². The Morgan fingerprint density at radius 1 is 1.21 bits per heavy atom. The van der Waals surface area contributed by atoms with Gasteiger partial charge in [0.1, 0.15) is 6.54 Å². The minimum atomic E-state index is -0.00238. The van der Waals surface area contributed by atoms with Crippen LogP contribution in [0.1, 0.15) is 39.0 Å². The number of carbonyl (C=O) groups is 1. The van der Waals surface area contributed by atoms with E-state index in [2.05, 4.69) is 27.4 Å². The van der Waals surface area contributed by atoms with Crippen LogP contribution < -0.4 is 10.6 Å². The zero-order valence-electron chi connectivity index (χ0n) is 18.6. The van der Waals surface area contributed by atoms with Crippen molar-refractivity contribution in [3.05, 3.63) is 0 Å². The number of nitrogens with one attached hydrogen (secondary N) is 2. The van der Waals surface area contributed by atoms with Crippen molar-refractivity contribution in [3.8, 4) is 0 Å². The molecule has 1 atom stereocenters. The number of guanidine groups is 1. The van der Waals surface area contributed by atoms with Gasteiger partial charge < -0.3 is 25.0 Å². The number of nitrogens with zero attached hydrogens (tertiary/aromatic N) is 3. The first-order chi connectivity index (χ1) is 14.1. The number of amides is 1. The highest BCUT2D eigenvalue weighted by Crippen LogP contribution is 2.30. The molecular weight excluding hydrogens is 370 g/mol. The predicted molar refractivity (Wildman–Crippen MR) is 116 cm³/mol. The lowest BCUT2D eigenvalue weighted by Crippen LogP contribution is -2.45. The zero-order valence-corrected chi connectivity index (χ0v) is 18.6. The molecule has 1 amide bonds. The Morgan fingerprint density at radius 3 is 2.55 bits per heavy atom. The van der Waals surface area contributed by atoms with E-state index >= 15 is 0 Å². The summed E-state index contributed by atoms with van der Waals surface area (Å²) in [5, 5.41) is 6.79. The number of aliphatic imine (C=N–C) groups is 1. The Labute approximate surface area is 176 Å². The van der Waals surface area contributed by atoms with Crippen molar-refractivity contribution in [2.24, 2.45) is 10.9 Å². The summed E-state index contributed by atoms with van der Waals surface area (Å²) in [6.07, 6.45) is 6.48. The van der Waals surface area contributed by atoms with Gasteiger partial charge in [-0.3, -0.25) is 9.69 Å². The van der Waals surface area contributed by atoms with Crippen LogP contribution in [0.5, 0.6) is 0 Å². The molecule has 1 heterocycles. The molecule has 0 bridgehead atoms. The maximum Gasteiger partial charge on any atom is 0.243 e. The second kappa shape index (κ2) is 13.8. The Balaban J connectivity index is 1.80. The van der Waals surface area contributed by atoms with Gasteiger partial charge >= 0.3 is 0 Å². The van der Waals surface area contributed by atoms with Gasteiger partial charge in [-0.15, -0.1) is 0 Å². The van der Waals surface area contributed by atoms with Crippen molar-refractivity contribution >= 4 is 11.9 Å². The molecular formula is C21H41N5O3. The summed E-state index contributed by atoms with van der Waals surface area (Å²) in [7, 11) is 3.51. The molecule has 29 heavy (non-hydrogen) atoms. The van der Waals surface area contributed by atoms with E-state index in [1.54, 1.807) is 19.0 Å². The average molecular weight is 412 g/mol. The van der Waals surface area contributed by atoms with Gasteiger partial charge in [-0.05, 0) is 32.1 Å². The lowest BCUT2D eigenvalue weighted by molar-refractivity contribution is -0.127. The Morgan fingerprint density at radius 2 is 1.90 bits per heavy atom. The molecule has 1 unspecified atom stereocenters. The van der Waals surface area contributed by atoms with E-state index in [4.69, 9.17) is 9.47 Å². The van der Waals surface area contributed by atoms with Crippen LogP contribution in [0.3, 0.4) is 0 Å². The van der Waals surface area contributed by atoms with Crippen molar-refractivity contribution in [3.63, 3.8) is 0 Å². The monoisotopic (exact) mass is 411 g/mol. The molecule has 8 heteroatoms. The number of ether oxygens (including phenoxy) is 2. The molecule has 168 valence electrons. The highest BCUT2D eigenvalue weighted by Gasteiger charge is 2.25. The van der Waals surface area contributed by atoms with Gasteiger partial charge in [0.25, 0.3) is 0 Å². The number of hydrogen-bond donors (Lipinski definition) is 2. The van der Waals surface area contributed by atoms with Gasteiger partial charge in [0.2, 0.25) is 5.91 Å². The van der Waals surface area contributed by atoms with Crippen molar-refractivity contribution in [2.45, 2.75) is 45.1 Å². The summed E-state index contributed by atoms with van der Waals surface area (Å²) in [5.74, 6) is 1.38. The van der Waals surface area contributed by atoms with E-state index in [1.807, 2.05) is 0 Å². The van der Waals surface area contributed by atoms with E-state index in [1.165, 1.54) is 25.7 Å². The molecule has 2 N–H and O–H groups in total. The molecule has 2 rings (SSSR count). The molecule has 1 saturated carbocycles. The molecule has 1 aliphatic heterocycles. The van der Waals surface area contributed by atoms with E-state index in [0.29, 0.717) is 18.0 Å². The zero-order chi connectivity index (χ0) is 20.9. The first-order valence-corrected chi connectivity index (χ1v) is 11.2. The molecule has 0 aromatic carbocycles. The summed E-state index contributed by atoms with van der Waals surface area (Å²) in [5.41, 5.74) is 0. The van der Waals surface area contributed by atoms with Crippen molar-refractivity contribution in [1.29, 1.82) is 0 Å². The summed E-state index contributed by atoms with van der Waals surface area (Å²) in [6.45, 7) is 9.05. The Kier molecular flexibility index (Phi) is 11.3. The van der Waals surface area contributed by atoms with Gasteiger partial charge in [0.15, 0.2) is 5.96 Å². The highest BCUT2D eigenvalue weighted by molar-refractivity contribution is 5.84. The molecule has 2 fully saturated rings. The number of morpholine rings is 1. The van der Waals surface area contributed by atoms with Crippen molar-refractivity contribution in [1.82, 2.24) is 20.4 Å². The van der Waals surface area contributed by atoms with Gasteiger partial charge in [-0.2, -0.15) is 0 Å². The van der Waals surface area contributed by atoms with Crippen LogP contribution >= 0.6 is 0 Å². The molecule has 0 aromatic rings. The number of carbonyl (C=O) groups excluding carboxylic acids is 1. The molecule has 2 aliphatic rings. The molecule has 0 aromatic heterocycles. The third-order valence-electron chi connectivity index (χ3n) is 5.72. The average Bonchev–Trinajstić information content (AvgIpc) is 3.26. The first kappa shape index (κ1) is 23.9. The minimum Gasteiger partial charge on any atom is -0.379 e. The van der Waals surface area contributed by atoms with Crippen LogP contribution in [-0.4, -0.2) is 101 Å². The predicted octanol–water partition coefficient (Wildman–Crippen LogP) is 0.927. The van der Waals surface area contributed by atoms with Crippen LogP contribution in [0.25, 0.3) is 0 Å². The maximum atomic E-state index is 11.9. The second-order valence-corrected chi connectivity index (χ2v) is 8.09. The van der Waals surface area contributed by atoms with E-state index < -0.39 is 0 Å². The largest absolute Gasteiger partial charge is 0.379 e. The van der Waals surface area contributed by atoms with Crippen LogP contribution in [0, 0.1) is 5.92 Å². The lowest BCUT2D eigenvalue weighted by Gasteiger charge is -2.27. The second-order valence-electron chi connectivity index (χ2n) is 8.09. The Bertz CT molecular complexity index is 489. The van der Waals surface area contributed by atoms with Crippen LogP contribution in [0.4, 0.5) is 0 Å². The fraction of sp³-hybridized carbons (Fsp3) is 0.905. The van der Waals surface area contributed by atoms with E-state index in [9.17, 15) is 4.79 Å². The van der Waals surface area contributed by atoms with Crippen molar-refractivity contribution < 1.29 is 14.3 Å². The standard InChI is InChI=1S/C21H41N5O3/c1-4-29-19(18-7-5-6-8-18)9-10-22-21(24-17-20(27)25(2)3)23-11-12-26-13-15-28-16-14-26/h18-19H,4-17H2,1-3H3,(H2,22,23,24). The molecule has 1 saturated heterocycles. The van der Waals surface area contributed by atoms with E-state index in [-0.39, 0.29) is 12.5 Å². The first-order valence-electron chi connectivity index (χ1n) is 11.2. The summed E-state index contributed by atoms with van der Waals surface area (Å²) in [4.78, 5) is 20.4. The number of rotatable bonds is 11. The maximum absolute atomic E-state index is 11.9. The van der Waals surface area contributed by atoms with Gasteiger partial charge in [0.05, 0.1) is 19.3 Å². The summed E-state index contributed by atoms with van der Waals surface area (Å²) in [6, 6.07) is 0. The SMILES string of the molecule is CCOC(CCNC(=NCC(=O)N(C)C)NCCN1CCOCC1)C1CCCC1. The Hall–Kier alpha value is -1.38. The third-order valence-corrected chi connectivity index (χ3v) is 5.72. The van der Waals surface area contributed by atoms with Gasteiger partial charge in [0, 0.05) is 53.4 Å². The summed E-state index contributed by atoms with van der Waals surface area (Å²) >= 11 is 0. The van der Waals surface area contributed by atoms with Crippen LogP contribution in [-0.2, 0) is 14.3 Å². The molecule has 0 radical (unpaired) electrons. The lowest BCUT2D eigenvalue weighted by atomic mass is 9.98. The topological polar surface area (TPSA) is 78.4 Å². The molecule has 1 aliphatic carbocycles. The highest BCUT2D eigenvalue weighted by atomic mass is 16.5. The van der Waals surface area contributed by atoms with E-state index in [0.717, 1.165) is 59.0 Å². The van der Waals surface area contributed by atoms with Gasteiger partial charge in [-0.1, -0.05) is 12.8 Å². The fourth-order valence-electron chi connectivity index (χ4n) is 3.95. The van der Waals surface area contributed by atoms with Crippen LogP contribution in [0.2, 0.25) is 0 Å². The smallest absolute Gasteiger partial charge is 0.243 e. The third kappa shape index (κ3) is 9.31. The normalized spacial score (nSPS) is 19.9. The number of hydrogen-bond acceptors (Lipinski definition) is 5. The van der Waals surface area contributed by atoms with Crippen LogP contribution in [0.15, 0.2) is 4.99 Å². The minimum absolute atomic E-state index is 0.00238. The summed E-state index contributed by atoms with van der Waals surface area (Å²) < 4.78 is 11.4. The molecule has 8 nitrogen and oxygen atoms in total. The fourth-order valence-corrected chi connectivity index (χ4v) is 3.95.